The number of hydrogen-bond acceptors (Lipinski definition) is 3. The Kier molecular flexibility index (Phi) is 5.31. The number of benzene rings is 2. The maximum absolute atomic E-state index is 4.97. The zero-order valence-corrected chi connectivity index (χ0v) is 17.2. The number of nitrogens with zero attached hydrogens (tertiary/aromatic N) is 2. The number of thiazole rings is 1. The van der Waals surface area contributed by atoms with Crippen LogP contribution >= 0.6 is 11.3 Å². The molecular formula is C24H28N2S. The van der Waals surface area contributed by atoms with Crippen LogP contribution in [0.4, 0.5) is 5.13 Å². The SMILES string of the molecule is CC(C)c1ccc(-c2csc(N3CCC(c4ccccc4)CC3C)n2)cc1. The van der Waals surface area contributed by atoms with Crippen molar-refractivity contribution in [3.8, 4) is 11.3 Å². The molecule has 0 amide bonds. The first kappa shape index (κ1) is 18.2. The van der Waals surface area contributed by atoms with Crippen molar-refractivity contribution in [2.75, 3.05) is 11.4 Å². The largest absolute Gasteiger partial charge is 0.345 e. The molecule has 1 aliphatic rings. The van der Waals surface area contributed by atoms with Gasteiger partial charge in [0.05, 0.1) is 5.69 Å². The van der Waals surface area contributed by atoms with Gasteiger partial charge >= 0.3 is 0 Å². The summed E-state index contributed by atoms with van der Waals surface area (Å²) in [7, 11) is 0. The first-order chi connectivity index (χ1) is 13.1. The van der Waals surface area contributed by atoms with Crippen molar-refractivity contribution in [3.05, 3.63) is 71.1 Å². The van der Waals surface area contributed by atoms with Crippen LogP contribution in [0.2, 0.25) is 0 Å². The first-order valence-electron chi connectivity index (χ1n) is 9.99. The number of aromatic nitrogens is 1. The Hall–Kier alpha value is -2.13. The predicted molar refractivity (Wildman–Crippen MR) is 117 cm³/mol. The van der Waals surface area contributed by atoms with Crippen molar-refractivity contribution >= 4 is 16.5 Å². The predicted octanol–water partition coefficient (Wildman–Crippen LogP) is 6.71. The molecule has 2 atom stereocenters. The number of piperidine rings is 1. The maximum Gasteiger partial charge on any atom is 0.186 e. The molecule has 0 bridgehead atoms. The fourth-order valence-electron chi connectivity index (χ4n) is 4.05. The van der Waals surface area contributed by atoms with Gasteiger partial charge in [0.2, 0.25) is 0 Å². The van der Waals surface area contributed by atoms with E-state index in [0.717, 1.165) is 17.4 Å². The highest BCUT2D eigenvalue weighted by molar-refractivity contribution is 7.14. The van der Waals surface area contributed by atoms with Crippen molar-refractivity contribution in [2.45, 2.75) is 51.5 Å². The van der Waals surface area contributed by atoms with E-state index in [2.05, 4.69) is 85.6 Å². The van der Waals surface area contributed by atoms with Crippen LogP contribution in [-0.2, 0) is 0 Å². The Labute approximate surface area is 166 Å². The molecule has 0 N–H and O–H groups in total. The van der Waals surface area contributed by atoms with Crippen LogP contribution in [0.5, 0.6) is 0 Å². The van der Waals surface area contributed by atoms with Gasteiger partial charge in [-0.1, -0.05) is 68.4 Å². The average molecular weight is 377 g/mol. The molecule has 1 fully saturated rings. The van der Waals surface area contributed by atoms with Gasteiger partial charge in [-0.25, -0.2) is 4.98 Å². The summed E-state index contributed by atoms with van der Waals surface area (Å²) in [6, 6.07) is 20.4. The van der Waals surface area contributed by atoms with Gasteiger partial charge in [-0.3, -0.25) is 0 Å². The van der Waals surface area contributed by atoms with Crippen molar-refractivity contribution in [1.29, 1.82) is 0 Å². The van der Waals surface area contributed by atoms with Gasteiger partial charge in [0, 0.05) is 23.5 Å². The first-order valence-corrected chi connectivity index (χ1v) is 10.9. The molecule has 0 spiro atoms. The Morgan fingerprint density at radius 2 is 1.78 bits per heavy atom. The molecule has 140 valence electrons. The van der Waals surface area contributed by atoms with Gasteiger partial charge in [-0.05, 0) is 42.7 Å². The van der Waals surface area contributed by atoms with Crippen molar-refractivity contribution in [1.82, 2.24) is 4.98 Å². The summed E-state index contributed by atoms with van der Waals surface area (Å²) >= 11 is 1.78. The number of hydrogen-bond donors (Lipinski definition) is 0. The second-order valence-corrected chi connectivity index (χ2v) is 8.80. The quantitative estimate of drug-likeness (QED) is 0.503. The Morgan fingerprint density at radius 3 is 2.44 bits per heavy atom. The number of anilines is 1. The standard InChI is InChI=1S/C24H28N2S/c1-17(2)19-9-11-21(12-10-19)23-16-27-24(25-23)26-14-13-22(15-18(26)3)20-7-5-4-6-8-20/h4-12,16-18,22H,13-15H2,1-3H3. The smallest absolute Gasteiger partial charge is 0.186 e. The molecule has 4 rings (SSSR count). The van der Waals surface area contributed by atoms with E-state index in [1.165, 1.54) is 29.5 Å². The van der Waals surface area contributed by atoms with Crippen LogP contribution in [0.25, 0.3) is 11.3 Å². The topological polar surface area (TPSA) is 16.1 Å². The van der Waals surface area contributed by atoms with E-state index < -0.39 is 0 Å². The minimum atomic E-state index is 0.520. The molecule has 2 aromatic carbocycles. The fraction of sp³-hybridized carbons (Fsp3) is 0.375. The number of rotatable bonds is 4. The molecule has 2 nitrogen and oxygen atoms in total. The van der Waals surface area contributed by atoms with E-state index in [4.69, 9.17) is 4.98 Å². The van der Waals surface area contributed by atoms with E-state index in [-0.39, 0.29) is 0 Å². The lowest BCUT2D eigenvalue weighted by molar-refractivity contribution is 0.431. The van der Waals surface area contributed by atoms with E-state index in [9.17, 15) is 0 Å². The summed E-state index contributed by atoms with van der Waals surface area (Å²) in [5, 5.41) is 3.37. The Balaban J connectivity index is 1.47. The zero-order valence-electron chi connectivity index (χ0n) is 16.4. The van der Waals surface area contributed by atoms with Gasteiger partial charge in [0.15, 0.2) is 5.13 Å². The van der Waals surface area contributed by atoms with E-state index in [1.807, 2.05) is 0 Å². The highest BCUT2D eigenvalue weighted by atomic mass is 32.1. The summed E-state index contributed by atoms with van der Waals surface area (Å²) in [5.41, 5.74) is 5.18. The van der Waals surface area contributed by atoms with E-state index in [1.54, 1.807) is 11.3 Å². The van der Waals surface area contributed by atoms with Crippen LogP contribution in [0.15, 0.2) is 60.0 Å². The molecule has 3 heteroatoms. The summed E-state index contributed by atoms with van der Waals surface area (Å²) in [5.74, 6) is 1.23. The second kappa shape index (κ2) is 7.85. The van der Waals surface area contributed by atoms with E-state index in [0.29, 0.717) is 17.9 Å². The molecule has 0 radical (unpaired) electrons. The summed E-state index contributed by atoms with van der Waals surface area (Å²) in [6.45, 7) is 7.89. The van der Waals surface area contributed by atoms with Crippen LogP contribution in [0.3, 0.4) is 0 Å². The Morgan fingerprint density at radius 1 is 1.04 bits per heavy atom. The van der Waals surface area contributed by atoms with Gasteiger partial charge in [-0.15, -0.1) is 11.3 Å². The van der Waals surface area contributed by atoms with Gasteiger partial charge in [0.25, 0.3) is 0 Å². The maximum atomic E-state index is 4.97. The third-order valence-electron chi connectivity index (χ3n) is 5.76. The molecule has 0 saturated carbocycles. The molecular weight excluding hydrogens is 348 g/mol. The molecule has 3 aromatic rings. The van der Waals surface area contributed by atoms with E-state index >= 15 is 0 Å². The van der Waals surface area contributed by atoms with Crippen LogP contribution in [0, 0.1) is 0 Å². The van der Waals surface area contributed by atoms with Crippen LogP contribution in [-0.4, -0.2) is 17.6 Å². The minimum Gasteiger partial charge on any atom is -0.345 e. The third kappa shape index (κ3) is 3.93. The van der Waals surface area contributed by atoms with Gasteiger partial charge < -0.3 is 4.90 Å². The van der Waals surface area contributed by atoms with Gasteiger partial charge in [-0.2, -0.15) is 0 Å². The summed E-state index contributed by atoms with van der Waals surface area (Å²) < 4.78 is 0. The lowest BCUT2D eigenvalue weighted by atomic mass is 9.86. The van der Waals surface area contributed by atoms with Crippen LogP contribution in [0.1, 0.15) is 56.6 Å². The summed E-state index contributed by atoms with van der Waals surface area (Å²) in [6.07, 6.45) is 2.40. The molecule has 1 aliphatic heterocycles. The monoisotopic (exact) mass is 376 g/mol. The minimum absolute atomic E-state index is 0.520. The molecule has 0 aliphatic carbocycles. The normalized spacial score (nSPS) is 20.2. The highest BCUT2D eigenvalue weighted by Crippen LogP contribution is 2.36. The zero-order chi connectivity index (χ0) is 18.8. The third-order valence-corrected chi connectivity index (χ3v) is 6.64. The molecule has 27 heavy (non-hydrogen) atoms. The molecule has 1 saturated heterocycles. The summed E-state index contributed by atoms with van der Waals surface area (Å²) in [4.78, 5) is 7.47. The van der Waals surface area contributed by atoms with Crippen molar-refractivity contribution in [2.24, 2.45) is 0 Å². The Bertz CT molecular complexity index is 867. The van der Waals surface area contributed by atoms with Crippen molar-refractivity contribution < 1.29 is 0 Å². The fourth-order valence-corrected chi connectivity index (χ4v) is 5.02. The average Bonchev–Trinajstić information content (AvgIpc) is 3.18. The highest BCUT2D eigenvalue weighted by Gasteiger charge is 2.28. The molecule has 1 aromatic heterocycles. The lowest BCUT2D eigenvalue weighted by Crippen LogP contribution is -2.40. The molecule has 2 unspecified atom stereocenters. The van der Waals surface area contributed by atoms with Gasteiger partial charge in [0.1, 0.15) is 0 Å². The second-order valence-electron chi connectivity index (χ2n) is 7.97. The van der Waals surface area contributed by atoms with Crippen LogP contribution < -0.4 is 4.90 Å². The van der Waals surface area contributed by atoms with Crippen molar-refractivity contribution in [3.63, 3.8) is 0 Å². The lowest BCUT2D eigenvalue weighted by Gasteiger charge is -2.37. The molecule has 2 heterocycles.